The van der Waals surface area contributed by atoms with E-state index in [1.54, 1.807) is 10.9 Å². The number of carbonyl (C=O) groups excluding carboxylic acids is 1. The van der Waals surface area contributed by atoms with Gasteiger partial charge in [-0.05, 0) is 37.1 Å². The van der Waals surface area contributed by atoms with Crippen molar-refractivity contribution in [1.82, 2.24) is 9.78 Å². The van der Waals surface area contributed by atoms with Crippen LogP contribution in [0.3, 0.4) is 0 Å². The van der Waals surface area contributed by atoms with Gasteiger partial charge in [0.1, 0.15) is 5.69 Å². The van der Waals surface area contributed by atoms with Gasteiger partial charge in [-0.25, -0.2) is 4.68 Å². The van der Waals surface area contributed by atoms with Crippen molar-refractivity contribution < 1.29 is 4.79 Å². The first kappa shape index (κ1) is 13.3. The highest BCUT2D eigenvalue weighted by Gasteiger charge is 2.14. The van der Waals surface area contributed by atoms with Crippen LogP contribution in [0.4, 0.5) is 0 Å². The first-order valence-electron chi connectivity index (χ1n) is 6.87. The molecule has 0 unspecified atom stereocenters. The Morgan fingerprint density at radius 1 is 1.00 bits per heavy atom. The van der Waals surface area contributed by atoms with Crippen LogP contribution in [-0.2, 0) is 0 Å². The molecule has 3 nitrogen and oxygen atoms in total. The lowest BCUT2D eigenvalue weighted by Crippen LogP contribution is -1.95. The number of aldehydes is 1. The average Bonchev–Trinajstić information content (AvgIpc) is 2.95. The van der Waals surface area contributed by atoms with Gasteiger partial charge in [0.15, 0.2) is 6.29 Å². The van der Waals surface area contributed by atoms with Gasteiger partial charge in [0, 0.05) is 11.8 Å². The maximum Gasteiger partial charge on any atom is 0.153 e. The molecular formula is C18H16N2O. The summed E-state index contributed by atoms with van der Waals surface area (Å²) in [4.78, 5) is 11.4. The molecule has 0 amide bonds. The Bertz CT molecular complexity index is 788. The van der Waals surface area contributed by atoms with Crippen molar-refractivity contribution in [2.45, 2.75) is 13.8 Å². The molecule has 0 atom stereocenters. The zero-order valence-electron chi connectivity index (χ0n) is 12.1. The van der Waals surface area contributed by atoms with E-state index in [-0.39, 0.29) is 0 Å². The molecule has 0 N–H and O–H groups in total. The van der Waals surface area contributed by atoms with Crippen molar-refractivity contribution in [3.8, 4) is 16.9 Å². The molecule has 3 aromatic rings. The van der Waals surface area contributed by atoms with Gasteiger partial charge in [-0.1, -0.05) is 36.4 Å². The summed E-state index contributed by atoms with van der Waals surface area (Å²) < 4.78 is 1.75. The molecule has 3 rings (SSSR count). The average molecular weight is 276 g/mol. The Kier molecular flexibility index (Phi) is 3.40. The summed E-state index contributed by atoms with van der Waals surface area (Å²) in [5.41, 5.74) is 5.63. The van der Waals surface area contributed by atoms with Crippen LogP contribution in [0.1, 0.15) is 21.5 Å². The second-order valence-corrected chi connectivity index (χ2v) is 5.08. The van der Waals surface area contributed by atoms with Crippen molar-refractivity contribution in [3.63, 3.8) is 0 Å². The Morgan fingerprint density at radius 2 is 1.76 bits per heavy atom. The number of hydrogen-bond donors (Lipinski definition) is 0. The molecule has 0 radical (unpaired) electrons. The molecule has 0 saturated carbocycles. The highest BCUT2D eigenvalue weighted by atomic mass is 16.1. The largest absolute Gasteiger partial charge is 0.298 e. The van der Waals surface area contributed by atoms with E-state index in [0.29, 0.717) is 5.56 Å². The fourth-order valence-electron chi connectivity index (χ4n) is 2.40. The molecule has 0 aliphatic heterocycles. The van der Waals surface area contributed by atoms with Crippen molar-refractivity contribution in [3.05, 3.63) is 71.4 Å². The van der Waals surface area contributed by atoms with Gasteiger partial charge in [0.2, 0.25) is 0 Å². The predicted molar refractivity (Wildman–Crippen MR) is 83.9 cm³/mol. The quantitative estimate of drug-likeness (QED) is 0.678. The number of aryl methyl sites for hydroxylation is 1. The van der Waals surface area contributed by atoms with Crippen LogP contribution in [-0.4, -0.2) is 16.1 Å². The molecular weight excluding hydrogens is 260 g/mol. The number of hydrogen-bond acceptors (Lipinski definition) is 2. The third-order valence-corrected chi connectivity index (χ3v) is 3.75. The molecule has 2 aromatic carbocycles. The van der Waals surface area contributed by atoms with E-state index in [2.05, 4.69) is 25.0 Å². The van der Waals surface area contributed by atoms with E-state index in [1.807, 2.05) is 42.5 Å². The minimum Gasteiger partial charge on any atom is -0.298 e. The maximum atomic E-state index is 11.4. The minimum atomic E-state index is 0.604. The van der Waals surface area contributed by atoms with E-state index >= 15 is 0 Å². The van der Waals surface area contributed by atoms with Gasteiger partial charge < -0.3 is 0 Å². The molecule has 0 fully saturated rings. The summed E-state index contributed by atoms with van der Waals surface area (Å²) in [5, 5.41) is 4.61. The fraction of sp³-hybridized carbons (Fsp3) is 0.111. The highest BCUT2D eigenvalue weighted by Crippen LogP contribution is 2.27. The van der Waals surface area contributed by atoms with Crippen LogP contribution in [0.2, 0.25) is 0 Å². The molecule has 21 heavy (non-hydrogen) atoms. The smallest absolute Gasteiger partial charge is 0.153 e. The maximum absolute atomic E-state index is 11.4. The molecule has 0 bridgehead atoms. The van der Waals surface area contributed by atoms with Gasteiger partial charge in [0.05, 0.1) is 11.3 Å². The number of benzene rings is 2. The second kappa shape index (κ2) is 5.37. The lowest BCUT2D eigenvalue weighted by atomic mass is 9.99. The fourth-order valence-corrected chi connectivity index (χ4v) is 2.40. The predicted octanol–water partition coefficient (Wildman–Crippen LogP) is 3.97. The normalized spacial score (nSPS) is 10.6. The van der Waals surface area contributed by atoms with Crippen molar-refractivity contribution in [2.75, 3.05) is 0 Å². The topological polar surface area (TPSA) is 34.9 Å². The number of carbonyl (C=O) groups is 1. The van der Waals surface area contributed by atoms with E-state index < -0.39 is 0 Å². The zero-order valence-corrected chi connectivity index (χ0v) is 12.1. The third-order valence-electron chi connectivity index (χ3n) is 3.75. The van der Waals surface area contributed by atoms with E-state index in [1.165, 1.54) is 5.56 Å². The standard InChI is InChI=1S/C18H16N2O/c1-13-7-6-10-17(14(13)2)18-15(12-21)11-20(19-18)16-8-4-3-5-9-16/h3-12H,1-2H3. The first-order chi connectivity index (χ1) is 10.2. The first-order valence-corrected chi connectivity index (χ1v) is 6.87. The number of nitrogens with zero attached hydrogens (tertiary/aromatic N) is 2. The lowest BCUT2D eigenvalue weighted by Gasteiger charge is -2.06. The number of para-hydroxylation sites is 1. The van der Waals surface area contributed by atoms with Crippen LogP contribution in [0.5, 0.6) is 0 Å². The minimum absolute atomic E-state index is 0.604. The van der Waals surface area contributed by atoms with Crippen LogP contribution in [0, 0.1) is 13.8 Å². The summed E-state index contributed by atoms with van der Waals surface area (Å²) in [5.74, 6) is 0. The van der Waals surface area contributed by atoms with E-state index in [4.69, 9.17) is 0 Å². The number of rotatable bonds is 3. The van der Waals surface area contributed by atoms with Crippen LogP contribution >= 0.6 is 0 Å². The SMILES string of the molecule is Cc1cccc(-c2nn(-c3ccccc3)cc2C=O)c1C. The van der Waals surface area contributed by atoms with Gasteiger partial charge >= 0.3 is 0 Å². The van der Waals surface area contributed by atoms with Crippen molar-refractivity contribution in [2.24, 2.45) is 0 Å². The monoisotopic (exact) mass is 276 g/mol. The van der Waals surface area contributed by atoms with Gasteiger partial charge in [-0.15, -0.1) is 0 Å². The summed E-state index contributed by atoms with van der Waals surface area (Å²) in [6, 6.07) is 15.9. The summed E-state index contributed by atoms with van der Waals surface area (Å²) in [6.07, 6.45) is 2.64. The molecule has 0 aliphatic rings. The molecule has 0 saturated heterocycles. The summed E-state index contributed by atoms with van der Waals surface area (Å²) >= 11 is 0. The van der Waals surface area contributed by atoms with Gasteiger partial charge in [0.25, 0.3) is 0 Å². The molecule has 0 aliphatic carbocycles. The Labute approximate surface area is 123 Å². The molecule has 1 aromatic heterocycles. The molecule has 1 heterocycles. The van der Waals surface area contributed by atoms with Crippen LogP contribution in [0.25, 0.3) is 16.9 Å². The molecule has 3 heteroatoms. The number of aromatic nitrogens is 2. The zero-order chi connectivity index (χ0) is 14.8. The van der Waals surface area contributed by atoms with E-state index in [0.717, 1.165) is 28.8 Å². The Hall–Kier alpha value is -2.68. The van der Waals surface area contributed by atoms with Crippen molar-refractivity contribution in [1.29, 1.82) is 0 Å². The van der Waals surface area contributed by atoms with Crippen molar-refractivity contribution >= 4 is 6.29 Å². The van der Waals surface area contributed by atoms with Crippen LogP contribution in [0.15, 0.2) is 54.7 Å². The summed E-state index contributed by atoms with van der Waals surface area (Å²) in [6.45, 7) is 4.12. The second-order valence-electron chi connectivity index (χ2n) is 5.08. The Morgan fingerprint density at radius 3 is 2.48 bits per heavy atom. The summed E-state index contributed by atoms with van der Waals surface area (Å²) in [7, 11) is 0. The van der Waals surface area contributed by atoms with Gasteiger partial charge in [-0.2, -0.15) is 5.10 Å². The van der Waals surface area contributed by atoms with Crippen LogP contribution < -0.4 is 0 Å². The Balaban J connectivity index is 2.17. The highest BCUT2D eigenvalue weighted by molar-refractivity contribution is 5.86. The van der Waals surface area contributed by atoms with Gasteiger partial charge in [-0.3, -0.25) is 4.79 Å². The molecule has 104 valence electrons. The lowest BCUT2D eigenvalue weighted by molar-refractivity contribution is 0.112. The van der Waals surface area contributed by atoms with E-state index in [9.17, 15) is 4.79 Å². The third kappa shape index (κ3) is 2.38. The molecule has 0 spiro atoms.